The van der Waals surface area contributed by atoms with Crippen LogP contribution in [0, 0.1) is 62.1 Å². The third-order valence-corrected chi connectivity index (χ3v) is 14.5. The molecule has 6 fully saturated rings. The highest BCUT2D eigenvalue weighted by molar-refractivity contribution is 5.32. The smallest absolute Gasteiger partial charge is 0.0594 e. The lowest BCUT2D eigenvalue weighted by Crippen LogP contribution is -2.64. The maximum atomic E-state index is 10.9. The van der Waals surface area contributed by atoms with E-state index in [2.05, 4.69) is 48.5 Å². The lowest BCUT2D eigenvalue weighted by molar-refractivity contribution is -0.223. The number of hydrogen-bond donors (Lipinski definition) is 1. The molecule has 1 nitrogen and oxygen atoms in total. The molecule has 176 valence electrons. The fraction of sp³-hybridized carbons (Fsp3) is 1.00. The minimum absolute atomic E-state index is 0.0858. The summed E-state index contributed by atoms with van der Waals surface area (Å²) >= 11 is 0. The number of aliphatic hydroxyl groups excluding tert-OH is 1. The van der Waals surface area contributed by atoms with E-state index in [1.54, 1.807) is 6.42 Å². The third-order valence-electron chi connectivity index (χ3n) is 14.5. The normalized spacial score (nSPS) is 64.3. The van der Waals surface area contributed by atoms with Crippen LogP contribution in [0.1, 0.15) is 119 Å². The molecule has 6 aliphatic rings. The van der Waals surface area contributed by atoms with Crippen molar-refractivity contribution < 1.29 is 5.11 Å². The Kier molecular flexibility index (Phi) is 4.13. The molecule has 0 aliphatic heterocycles. The van der Waals surface area contributed by atoms with Gasteiger partial charge in [0, 0.05) is 0 Å². The molecule has 31 heavy (non-hydrogen) atoms. The second-order valence-electron chi connectivity index (χ2n) is 15.4. The number of aliphatic hydroxyl groups is 1. The molecule has 0 saturated heterocycles. The van der Waals surface area contributed by atoms with Gasteiger partial charge in [-0.1, -0.05) is 48.5 Å². The van der Waals surface area contributed by atoms with Gasteiger partial charge in [-0.15, -0.1) is 0 Å². The van der Waals surface area contributed by atoms with Crippen LogP contribution in [0.3, 0.4) is 0 Å². The fourth-order valence-electron chi connectivity index (χ4n) is 12.8. The summed E-state index contributed by atoms with van der Waals surface area (Å²) in [7, 11) is 0. The van der Waals surface area contributed by atoms with E-state index in [9.17, 15) is 5.11 Å². The second-order valence-corrected chi connectivity index (χ2v) is 15.4. The average Bonchev–Trinajstić information content (AvgIpc) is 3.39. The van der Waals surface area contributed by atoms with Gasteiger partial charge < -0.3 is 5.11 Å². The largest absolute Gasteiger partial charge is 0.393 e. The molecule has 0 heterocycles. The van der Waals surface area contributed by atoms with E-state index in [4.69, 9.17) is 0 Å². The Labute approximate surface area is 192 Å². The molecule has 0 aromatic rings. The van der Waals surface area contributed by atoms with Crippen molar-refractivity contribution in [3.8, 4) is 0 Å². The van der Waals surface area contributed by atoms with Crippen molar-refractivity contribution in [2.75, 3.05) is 0 Å². The molecule has 6 rings (SSSR count). The molecule has 0 amide bonds. The van der Waals surface area contributed by atoms with Crippen molar-refractivity contribution in [2.24, 2.45) is 62.1 Å². The summed E-state index contributed by atoms with van der Waals surface area (Å²) in [6, 6.07) is 0. The first kappa shape index (κ1) is 21.5. The van der Waals surface area contributed by atoms with Crippen molar-refractivity contribution >= 4 is 0 Å². The first-order valence-electron chi connectivity index (χ1n) is 14.1. The van der Waals surface area contributed by atoms with E-state index < -0.39 is 0 Å². The SMILES string of the molecule is C[C@H]1[C@@H]2[C@](C)(CC[C@@H]1C)CC[C@]13C[C@]21CC[C@@H]1[C@@]2(C)CC[C@H](O)C(C)(C)[C@@H]2CC[C@]13C. The van der Waals surface area contributed by atoms with Gasteiger partial charge in [-0.2, -0.15) is 0 Å². The van der Waals surface area contributed by atoms with Crippen LogP contribution in [0.5, 0.6) is 0 Å². The second kappa shape index (κ2) is 5.95. The number of rotatable bonds is 0. The zero-order valence-electron chi connectivity index (χ0n) is 21.7. The molecule has 6 saturated carbocycles. The molecule has 0 aromatic heterocycles. The molecular formula is C30H50O. The van der Waals surface area contributed by atoms with Crippen molar-refractivity contribution in [3.63, 3.8) is 0 Å². The first-order valence-corrected chi connectivity index (χ1v) is 14.1. The molecule has 6 aliphatic carbocycles. The molecule has 0 spiro atoms. The Balaban J connectivity index is 1.40. The van der Waals surface area contributed by atoms with E-state index in [0.29, 0.717) is 33.0 Å². The monoisotopic (exact) mass is 426 g/mol. The van der Waals surface area contributed by atoms with Gasteiger partial charge in [-0.05, 0) is 133 Å². The molecule has 0 aromatic carbocycles. The van der Waals surface area contributed by atoms with Crippen molar-refractivity contribution in [1.29, 1.82) is 0 Å². The van der Waals surface area contributed by atoms with E-state index in [1.807, 2.05) is 0 Å². The molecule has 0 bridgehead atoms. The topological polar surface area (TPSA) is 20.2 Å². The zero-order chi connectivity index (χ0) is 22.2. The summed E-state index contributed by atoms with van der Waals surface area (Å²) < 4.78 is 0. The van der Waals surface area contributed by atoms with E-state index in [0.717, 1.165) is 30.1 Å². The zero-order valence-corrected chi connectivity index (χ0v) is 21.7. The lowest BCUT2D eigenvalue weighted by Gasteiger charge is -2.70. The van der Waals surface area contributed by atoms with Crippen molar-refractivity contribution in [2.45, 2.75) is 125 Å². The fourth-order valence-corrected chi connectivity index (χ4v) is 12.8. The summed E-state index contributed by atoms with van der Waals surface area (Å²) in [5.74, 6) is 4.39. The minimum atomic E-state index is -0.100. The number of fused-ring (bicyclic) bond motifs is 4. The summed E-state index contributed by atoms with van der Waals surface area (Å²) in [4.78, 5) is 0. The predicted molar refractivity (Wildman–Crippen MR) is 129 cm³/mol. The van der Waals surface area contributed by atoms with Gasteiger partial charge in [-0.25, -0.2) is 0 Å². The highest BCUT2D eigenvalue weighted by Gasteiger charge is 2.84. The van der Waals surface area contributed by atoms with Crippen molar-refractivity contribution in [1.82, 2.24) is 0 Å². The van der Waals surface area contributed by atoms with E-state index in [-0.39, 0.29) is 11.5 Å². The Bertz CT molecular complexity index is 785. The predicted octanol–water partition coefficient (Wildman–Crippen LogP) is 7.86. The van der Waals surface area contributed by atoms with Gasteiger partial charge in [0.05, 0.1) is 6.10 Å². The van der Waals surface area contributed by atoms with Crippen molar-refractivity contribution in [3.05, 3.63) is 0 Å². The van der Waals surface area contributed by atoms with E-state index in [1.165, 1.54) is 57.8 Å². The summed E-state index contributed by atoms with van der Waals surface area (Å²) in [6.45, 7) is 18.2. The maximum absolute atomic E-state index is 10.9. The van der Waals surface area contributed by atoms with Crippen LogP contribution in [-0.4, -0.2) is 11.2 Å². The van der Waals surface area contributed by atoms with Gasteiger partial charge in [0.2, 0.25) is 0 Å². The lowest BCUT2D eigenvalue weighted by atomic mass is 9.35. The standard InChI is InChI=1S/C30H50O/c1-19-8-12-26(5)16-17-30-18-29(30,24(26)20(19)2)15-10-22-27(6)13-11-23(31)25(3,4)21(27)9-14-28(22,30)7/h19-24,31H,8-18H2,1-7H3/t19-,20+,21-,22+,23-,24+,26+,27-,28+,29+,30+/m0/s1. The quantitative estimate of drug-likeness (QED) is 0.418. The Hall–Kier alpha value is -0.0400. The van der Waals surface area contributed by atoms with Gasteiger partial charge in [0.1, 0.15) is 0 Å². The molecule has 0 unspecified atom stereocenters. The molecule has 11 atom stereocenters. The van der Waals surface area contributed by atoms with Gasteiger partial charge in [0.15, 0.2) is 0 Å². The number of hydrogen-bond acceptors (Lipinski definition) is 1. The van der Waals surface area contributed by atoms with Crippen LogP contribution in [0.15, 0.2) is 0 Å². The van der Waals surface area contributed by atoms with Gasteiger partial charge in [-0.3, -0.25) is 0 Å². The Morgan fingerprint density at radius 2 is 1.42 bits per heavy atom. The van der Waals surface area contributed by atoms with Crippen LogP contribution < -0.4 is 0 Å². The van der Waals surface area contributed by atoms with Crippen LogP contribution in [0.4, 0.5) is 0 Å². The van der Waals surface area contributed by atoms with Gasteiger partial charge in [0.25, 0.3) is 0 Å². The summed E-state index contributed by atoms with van der Waals surface area (Å²) in [5, 5.41) is 10.9. The molecule has 1 N–H and O–H groups in total. The molecule has 0 radical (unpaired) electrons. The summed E-state index contributed by atoms with van der Waals surface area (Å²) in [5.41, 5.74) is 3.00. The average molecular weight is 427 g/mol. The minimum Gasteiger partial charge on any atom is -0.393 e. The highest BCUT2D eigenvalue weighted by Crippen LogP contribution is 2.91. The molecular weight excluding hydrogens is 376 g/mol. The van der Waals surface area contributed by atoms with Crippen LogP contribution in [0.25, 0.3) is 0 Å². The highest BCUT2D eigenvalue weighted by atomic mass is 16.3. The first-order chi connectivity index (χ1) is 14.4. The van der Waals surface area contributed by atoms with Gasteiger partial charge >= 0.3 is 0 Å². The Morgan fingerprint density at radius 1 is 0.710 bits per heavy atom. The summed E-state index contributed by atoms with van der Waals surface area (Å²) in [6.07, 6.45) is 15.5. The third kappa shape index (κ3) is 2.21. The van der Waals surface area contributed by atoms with Crippen LogP contribution in [0.2, 0.25) is 0 Å². The van der Waals surface area contributed by atoms with Crippen LogP contribution in [-0.2, 0) is 0 Å². The van der Waals surface area contributed by atoms with Crippen LogP contribution >= 0.6 is 0 Å². The Morgan fingerprint density at radius 3 is 2.16 bits per heavy atom. The maximum Gasteiger partial charge on any atom is 0.0594 e. The molecule has 1 heteroatoms. The van der Waals surface area contributed by atoms with E-state index >= 15 is 0 Å².